The quantitative estimate of drug-likeness (QED) is 0.359. The third-order valence-electron chi connectivity index (χ3n) is 0. The van der Waals surface area contributed by atoms with E-state index in [0.29, 0.717) is 0 Å². The van der Waals surface area contributed by atoms with Crippen LogP contribution in [0.1, 0.15) is 0 Å². The Morgan fingerprint density at radius 1 is 0.727 bits per heavy atom. The number of carbonyl (C=O) groups is 1. The molecule has 0 saturated heterocycles. The van der Waals surface area contributed by atoms with Crippen molar-refractivity contribution in [2.75, 3.05) is 0 Å². The van der Waals surface area contributed by atoms with Crippen molar-refractivity contribution < 1.29 is 47.9 Å². The van der Waals surface area contributed by atoms with Crippen molar-refractivity contribution in [3.05, 3.63) is 0 Å². The third-order valence-corrected chi connectivity index (χ3v) is 0. The molecule has 10 heteroatoms. The van der Waals surface area contributed by atoms with Crippen molar-refractivity contribution in [2.24, 2.45) is 0 Å². The molecule has 0 aromatic heterocycles. The Bertz CT molecular complexity index is 32.5. The Hall–Kier alpha value is -0.204. The summed E-state index contributed by atoms with van der Waals surface area (Å²) in [4.78, 5) is 8.56. The van der Waals surface area contributed by atoms with E-state index in [9.17, 15) is 0 Å². The van der Waals surface area contributed by atoms with E-state index in [1.165, 1.54) is 0 Å². The molecule has 0 aromatic carbocycles. The Labute approximate surface area is 77.6 Å². The lowest BCUT2D eigenvalue weighted by Gasteiger charge is -1.60. The lowest BCUT2D eigenvalue weighted by atomic mass is 11.5. The summed E-state index contributed by atoms with van der Waals surface area (Å²) < 4.78 is 0. The molecule has 0 spiro atoms. The molecule has 0 unspecified atom stereocenters. The molecular formula is CH16MgO9. The van der Waals surface area contributed by atoms with Gasteiger partial charge in [-0.3, -0.25) is 0 Å². The van der Waals surface area contributed by atoms with Gasteiger partial charge in [-0.25, -0.2) is 4.79 Å². The smallest absolute Gasteiger partial charge is 0.450 e. The average Bonchev–Trinajstić information content (AvgIpc) is 0.811. The topological polar surface area (TPSA) is 247 Å². The zero-order valence-corrected chi connectivity index (χ0v) is 4.80. The van der Waals surface area contributed by atoms with Gasteiger partial charge in [-0.1, -0.05) is 0 Å². The zero-order valence-electron chi connectivity index (χ0n) is 4.80. The van der Waals surface area contributed by atoms with E-state index < -0.39 is 6.16 Å². The summed E-state index contributed by atoms with van der Waals surface area (Å²) in [7, 11) is 0. The summed E-state index contributed by atoms with van der Waals surface area (Å²) in [5, 5.41) is 13.9. The molecule has 0 aliphatic rings. The first-order valence-corrected chi connectivity index (χ1v) is 0.651. The van der Waals surface area contributed by atoms with E-state index in [1.54, 1.807) is 0 Å². The fourth-order valence-corrected chi connectivity index (χ4v) is 0. The van der Waals surface area contributed by atoms with Crippen LogP contribution in [0.15, 0.2) is 0 Å². The second-order valence-corrected chi connectivity index (χ2v) is 0.283. The van der Waals surface area contributed by atoms with Gasteiger partial charge in [-0.05, 0) is 0 Å². The van der Waals surface area contributed by atoms with Crippen LogP contribution in [0.2, 0.25) is 0 Å². The minimum Gasteiger partial charge on any atom is -0.450 e. The Morgan fingerprint density at radius 2 is 0.727 bits per heavy atom. The molecule has 11 heavy (non-hydrogen) atoms. The van der Waals surface area contributed by atoms with Crippen LogP contribution in [0.4, 0.5) is 4.79 Å². The first-order chi connectivity index (χ1) is 1.73. The molecule has 0 aliphatic carbocycles. The van der Waals surface area contributed by atoms with Gasteiger partial charge in [-0.2, -0.15) is 0 Å². The maximum Gasteiger partial charge on any atom is 0.503 e. The van der Waals surface area contributed by atoms with Gasteiger partial charge in [0.1, 0.15) is 0 Å². The summed E-state index contributed by atoms with van der Waals surface area (Å²) in [6.45, 7) is 0. The molecule has 0 saturated carbocycles. The molecule has 0 atom stereocenters. The summed E-state index contributed by atoms with van der Waals surface area (Å²) in [5.41, 5.74) is 0. The molecule has 0 amide bonds. The summed E-state index contributed by atoms with van der Waals surface area (Å²) in [6.07, 6.45) is -1.83. The van der Waals surface area contributed by atoms with E-state index in [2.05, 4.69) is 0 Å². The Kier molecular flexibility index (Phi) is 1170. The summed E-state index contributed by atoms with van der Waals surface area (Å²) in [6, 6.07) is 0. The number of carboxylic acid groups (broad SMARTS) is 2. The van der Waals surface area contributed by atoms with Gasteiger partial charge >= 0.3 is 29.2 Å². The fraction of sp³-hybridized carbons (Fsp3) is 0. The maximum atomic E-state index is 8.56. The van der Waals surface area contributed by atoms with Crippen molar-refractivity contribution in [3.8, 4) is 0 Å². The molecule has 0 bridgehead atoms. The van der Waals surface area contributed by atoms with Gasteiger partial charge in [0.2, 0.25) is 0 Å². The van der Waals surface area contributed by atoms with Gasteiger partial charge in [0.25, 0.3) is 0 Å². The van der Waals surface area contributed by atoms with Gasteiger partial charge in [0.15, 0.2) is 0 Å². The normalized spacial score (nSPS) is 2.18. The van der Waals surface area contributed by atoms with Crippen LogP contribution >= 0.6 is 0 Å². The Morgan fingerprint density at radius 3 is 0.727 bits per heavy atom. The fourth-order valence-electron chi connectivity index (χ4n) is 0. The predicted molar refractivity (Wildman–Crippen MR) is 40.9 cm³/mol. The first kappa shape index (κ1) is 133. The van der Waals surface area contributed by atoms with Crippen LogP contribution in [-0.2, 0) is 0 Å². The van der Waals surface area contributed by atoms with Crippen LogP contribution in [0.3, 0.4) is 0 Å². The minimum atomic E-state index is -1.83. The molecule has 0 radical (unpaired) electrons. The van der Waals surface area contributed by atoms with E-state index >= 15 is 0 Å². The lowest BCUT2D eigenvalue weighted by molar-refractivity contribution is 0.137. The highest BCUT2D eigenvalue weighted by Gasteiger charge is 1.70. The molecule has 0 aliphatic heterocycles. The van der Waals surface area contributed by atoms with E-state index in [1.807, 2.05) is 0 Å². The molecule has 0 aromatic rings. The molecule has 9 nitrogen and oxygen atoms in total. The highest BCUT2D eigenvalue weighted by Crippen LogP contribution is 1.42. The summed E-state index contributed by atoms with van der Waals surface area (Å²) in [5.74, 6) is 0. The van der Waals surface area contributed by atoms with E-state index in [-0.39, 0.29) is 55.9 Å². The molecule has 0 rings (SSSR count). The van der Waals surface area contributed by atoms with Gasteiger partial charge in [0, 0.05) is 0 Å². The van der Waals surface area contributed by atoms with Gasteiger partial charge < -0.3 is 43.1 Å². The third kappa shape index (κ3) is 14300. The van der Waals surface area contributed by atoms with E-state index in [0.717, 1.165) is 0 Å². The SMILES string of the molecule is O.O.O.O.O.O.O=C(O)O.[MgH2]. The zero-order chi connectivity index (χ0) is 3.58. The molecular weight excluding hydrogens is 180 g/mol. The minimum absolute atomic E-state index is 0. The van der Waals surface area contributed by atoms with Gasteiger partial charge in [0.05, 0.1) is 0 Å². The monoisotopic (exact) mass is 196 g/mol. The molecule has 0 heterocycles. The van der Waals surface area contributed by atoms with Crippen LogP contribution < -0.4 is 0 Å². The summed E-state index contributed by atoms with van der Waals surface area (Å²) >= 11 is 0. The van der Waals surface area contributed by atoms with Crippen molar-refractivity contribution >= 4 is 29.2 Å². The van der Waals surface area contributed by atoms with Gasteiger partial charge in [-0.15, -0.1) is 0 Å². The molecule has 0 fully saturated rings. The largest absolute Gasteiger partial charge is 0.503 e. The van der Waals surface area contributed by atoms with Crippen LogP contribution in [0.25, 0.3) is 0 Å². The first-order valence-electron chi connectivity index (χ1n) is 0.651. The lowest BCUT2D eigenvalue weighted by Crippen LogP contribution is -1.81. The number of rotatable bonds is 0. The van der Waals surface area contributed by atoms with Crippen molar-refractivity contribution in [1.29, 1.82) is 0 Å². The van der Waals surface area contributed by atoms with Crippen LogP contribution in [0, 0.1) is 0 Å². The number of hydrogen-bond donors (Lipinski definition) is 2. The average molecular weight is 196 g/mol. The second-order valence-electron chi connectivity index (χ2n) is 0.283. The van der Waals surface area contributed by atoms with Crippen LogP contribution in [0.5, 0.6) is 0 Å². The molecule has 14 N–H and O–H groups in total. The highest BCUT2D eigenvalue weighted by molar-refractivity contribution is 5.75. The Balaban J connectivity index is -0.00000000214. The molecule has 76 valence electrons. The van der Waals surface area contributed by atoms with Crippen LogP contribution in [-0.4, -0.2) is 72.3 Å². The van der Waals surface area contributed by atoms with Crippen molar-refractivity contribution in [3.63, 3.8) is 0 Å². The predicted octanol–water partition coefficient (Wildman–Crippen LogP) is -5.64. The maximum absolute atomic E-state index is 8.56. The highest BCUT2D eigenvalue weighted by atomic mass is 24.3. The number of hydrogen-bond acceptors (Lipinski definition) is 1. The standard InChI is InChI=1S/CH2O3.Mg.6H2O.2H/c2-1(3)4;;;;;;;;;/h(H2,2,3,4);;6*1H2;;. The van der Waals surface area contributed by atoms with E-state index in [4.69, 9.17) is 15.0 Å². The van der Waals surface area contributed by atoms with Crippen molar-refractivity contribution in [1.82, 2.24) is 0 Å². The second kappa shape index (κ2) is 96.9. The van der Waals surface area contributed by atoms with Crippen molar-refractivity contribution in [2.45, 2.75) is 0 Å².